The Labute approximate surface area is 182 Å². The van der Waals surface area contributed by atoms with Gasteiger partial charge in [0.15, 0.2) is 12.5 Å². The number of carbonyl (C=O) groups is 2. The maximum absolute atomic E-state index is 11.9. The highest BCUT2D eigenvalue weighted by atomic mass is 35.5. The van der Waals surface area contributed by atoms with Crippen molar-refractivity contribution >= 4 is 37.0 Å². The Morgan fingerprint density at radius 3 is 1.64 bits per heavy atom. The summed E-state index contributed by atoms with van der Waals surface area (Å²) >= 11 is 0. The number of amides is 2. The van der Waals surface area contributed by atoms with Gasteiger partial charge in [0.1, 0.15) is 0 Å². The summed E-state index contributed by atoms with van der Waals surface area (Å²) in [7, 11) is 0. The fourth-order valence-corrected chi connectivity index (χ4v) is 2.36. The molecule has 0 fully saturated rings. The van der Waals surface area contributed by atoms with Crippen molar-refractivity contribution in [3.8, 4) is 0 Å². The summed E-state index contributed by atoms with van der Waals surface area (Å²) in [6.45, 7) is 10.0. The molecule has 2 unspecified atom stereocenters. The number of unbranched alkanes of at least 4 members (excludes halogenated alkanes) is 3. The molecule has 2 atom stereocenters. The fourth-order valence-electron chi connectivity index (χ4n) is 2.36. The Balaban J connectivity index is -0.00000312. The molecule has 0 aliphatic heterocycles. The van der Waals surface area contributed by atoms with Gasteiger partial charge in [-0.1, -0.05) is 26.7 Å². The van der Waals surface area contributed by atoms with E-state index >= 15 is 0 Å². The fraction of sp³-hybridized carbons (Fsp3) is 0.889. The number of nitrogens with one attached hydrogen (secondary N) is 2. The van der Waals surface area contributed by atoms with E-state index in [0.29, 0.717) is 26.2 Å². The van der Waals surface area contributed by atoms with Gasteiger partial charge in [-0.2, -0.15) is 0 Å². The average molecular weight is 447 g/mol. The lowest BCUT2D eigenvalue weighted by atomic mass is 10.3. The van der Waals surface area contributed by atoms with Crippen molar-refractivity contribution < 1.29 is 19.1 Å². The van der Waals surface area contributed by atoms with Crippen LogP contribution in [0.5, 0.6) is 0 Å². The number of hydrogen-bond acceptors (Lipinski definition) is 6. The predicted molar refractivity (Wildman–Crippen MR) is 117 cm³/mol. The molecule has 0 rings (SSSR count). The maximum Gasteiger partial charge on any atom is 0.408 e. The molecule has 0 spiro atoms. The summed E-state index contributed by atoms with van der Waals surface area (Å²) in [6.07, 6.45) is 3.51. The lowest BCUT2D eigenvalue weighted by Crippen LogP contribution is -2.47. The van der Waals surface area contributed by atoms with E-state index in [1.54, 1.807) is 13.8 Å². The van der Waals surface area contributed by atoms with Crippen LogP contribution in [0.2, 0.25) is 0 Å². The molecular weight excluding hydrogens is 407 g/mol. The second-order valence-corrected chi connectivity index (χ2v) is 6.30. The summed E-state index contributed by atoms with van der Waals surface area (Å²) < 4.78 is 10.8. The molecule has 10 heteroatoms. The van der Waals surface area contributed by atoms with Crippen LogP contribution in [-0.2, 0) is 9.47 Å². The molecule has 0 saturated heterocycles. The molecule has 0 aliphatic carbocycles. The first-order chi connectivity index (χ1) is 12.5. The van der Waals surface area contributed by atoms with Crippen molar-refractivity contribution in [2.24, 2.45) is 5.73 Å². The van der Waals surface area contributed by atoms with Crippen molar-refractivity contribution in [3.63, 3.8) is 0 Å². The molecule has 0 aromatic heterocycles. The van der Waals surface area contributed by atoms with Crippen LogP contribution in [-0.4, -0.2) is 55.7 Å². The Hall–Kier alpha value is -0.960. The molecule has 0 aliphatic rings. The van der Waals surface area contributed by atoms with E-state index in [9.17, 15) is 9.59 Å². The van der Waals surface area contributed by atoms with Crippen LogP contribution in [0.15, 0.2) is 0 Å². The van der Waals surface area contributed by atoms with Gasteiger partial charge in [-0.25, -0.2) is 14.5 Å². The van der Waals surface area contributed by atoms with Gasteiger partial charge >= 0.3 is 12.2 Å². The minimum absolute atomic E-state index is 0. The summed E-state index contributed by atoms with van der Waals surface area (Å²) in [4.78, 5) is 25.6. The van der Waals surface area contributed by atoms with Crippen LogP contribution < -0.4 is 16.4 Å². The first kappa shape index (κ1) is 31.7. The normalized spacial score (nSPS) is 12.2. The Kier molecular flexibility index (Phi) is 23.5. The Bertz CT molecular complexity index is 363. The predicted octanol–water partition coefficient (Wildman–Crippen LogP) is 3.62. The van der Waals surface area contributed by atoms with E-state index in [2.05, 4.69) is 24.5 Å². The number of nitrogens with zero attached hydrogens (tertiary/aromatic N) is 1. The molecule has 28 heavy (non-hydrogen) atoms. The van der Waals surface area contributed by atoms with Gasteiger partial charge < -0.3 is 25.8 Å². The van der Waals surface area contributed by atoms with E-state index < -0.39 is 24.6 Å². The second-order valence-electron chi connectivity index (χ2n) is 6.30. The summed E-state index contributed by atoms with van der Waals surface area (Å²) in [5, 5.41) is 5.45. The highest BCUT2D eigenvalue weighted by Crippen LogP contribution is 2.11. The Morgan fingerprint density at radius 2 is 1.29 bits per heavy atom. The zero-order chi connectivity index (χ0) is 19.8. The van der Waals surface area contributed by atoms with Crippen molar-refractivity contribution in [1.29, 1.82) is 0 Å². The highest BCUT2D eigenvalue weighted by Gasteiger charge is 2.25. The first-order valence-electron chi connectivity index (χ1n) is 9.80. The Morgan fingerprint density at radius 1 is 0.857 bits per heavy atom. The van der Waals surface area contributed by atoms with E-state index in [4.69, 9.17) is 15.2 Å². The van der Waals surface area contributed by atoms with Crippen LogP contribution in [0.25, 0.3) is 0 Å². The third-order valence-electron chi connectivity index (χ3n) is 3.96. The zero-order valence-electron chi connectivity index (χ0n) is 17.7. The third-order valence-corrected chi connectivity index (χ3v) is 3.96. The standard InChI is InChI=1S/C18H38N4O4.2ClH/c1-5-7-12-20-17(23)25-15(3)22(14-10-9-11-19)16(4)26-18(24)21-13-8-6-2;;/h15-16H,5-14,19H2,1-4H3,(H,20,23)(H,21,24);2*1H. The van der Waals surface area contributed by atoms with Crippen LogP contribution >= 0.6 is 24.8 Å². The zero-order valence-corrected chi connectivity index (χ0v) is 19.3. The first-order valence-corrected chi connectivity index (χ1v) is 9.80. The van der Waals surface area contributed by atoms with Gasteiger partial charge in [0.25, 0.3) is 0 Å². The number of hydrogen-bond donors (Lipinski definition) is 3. The summed E-state index contributed by atoms with van der Waals surface area (Å²) in [6, 6.07) is 0. The summed E-state index contributed by atoms with van der Waals surface area (Å²) in [5.74, 6) is 0. The van der Waals surface area contributed by atoms with Gasteiger partial charge in [0.05, 0.1) is 0 Å². The van der Waals surface area contributed by atoms with E-state index in [-0.39, 0.29) is 24.8 Å². The smallest absolute Gasteiger partial charge is 0.408 e. The van der Waals surface area contributed by atoms with Gasteiger partial charge in [-0.15, -0.1) is 24.8 Å². The topological polar surface area (TPSA) is 106 Å². The van der Waals surface area contributed by atoms with E-state index in [0.717, 1.165) is 38.5 Å². The maximum atomic E-state index is 11.9. The lowest BCUT2D eigenvalue weighted by molar-refractivity contribution is -0.0920. The van der Waals surface area contributed by atoms with E-state index in [1.807, 2.05) is 4.90 Å². The molecule has 0 aromatic carbocycles. The molecule has 0 heterocycles. The van der Waals surface area contributed by atoms with Crippen LogP contribution in [0.4, 0.5) is 9.59 Å². The summed E-state index contributed by atoms with van der Waals surface area (Å²) in [5.41, 5.74) is 5.56. The van der Waals surface area contributed by atoms with Crippen LogP contribution in [0.3, 0.4) is 0 Å². The number of alkyl carbamates (subject to hydrolysis) is 2. The van der Waals surface area contributed by atoms with Gasteiger partial charge in [0.2, 0.25) is 0 Å². The minimum atomic E-state index is -0.521. The van der Waals surface area contributed by atoms with Gasteiger partial charge in [-0.05, 0) is 46.1 Å². The molecule has 0 radical (unpaired) electrons. The lowest BCUT2D eigenvalue weighted by Gasteiger charge is -2.33. The molecule has 0 bridgehead atoms. The quantitative estimate of drug-likeness (QED) is 0.278. The molecular formula is C18H40Cl2N4O4. The average Bonchev–Trinajstić information content (AvgIpc) is 2.58. The molecule has 8 nitrogen and oxygen atoms in total. The number of carbonyl (C=O) groups excluding carboxylic acids is 2. The van der Waals surface area contributed by atoms with Gasteiger partial charge in [-0.3, -0.25) is 0 Å². The van der Waals surface area contributed by atoms with Crippen molar-refractivity contribution in [2.75, 3.05) is 26.2 Å². The largest absolute Gasteiger partial charge is 0.430 e. The van der Waals surface area contributed by atoms with Crippen molar-refractivity contribution in [1.82, 2.24) is 15.5 Å². The molecule has 2 amide bonds. The monoisotopic (exact) mass is 446 g/mol. The molecule has 0 aromatic rings. The minimum Gasteiger partial charge on any atom is -0.430 e. The SMILES string of the molecule is CCCCNC(=O)OC(C)N(CCCCN)C(C)OC(=O)NCCCC.Cl.Cl. The molecule has 4 N–H and O–H groups in total. The third kappa shape index (κ3) is 16.0. The van der Waals surface area contributed by atoms with Crippen LogP contribution in [0.1, 0.15) is 66.2 Å². The molecule has 0 saturated carbocycles. The van der Waals surface area contributed by atoms with Gasteiger partial charge in [0, 0.05) is 19.6 Å². The van der Waals surface area contributed by atoms with Crippen LogP contribution in [0, 0.1) is 0 Å². The van der Waals surface area contributed by atoms with Crippen molar-refractivity contribution in [3.05, 3.63) is 0 Å². The van der Waals surface area contributed by atoms with Crippen molar-refractivity contribution in [2.45, 2.75) is 78.7 Å². The number of halogens is 2. The number of nitrogens with two attached hydrogens (primary N) is 1. The number of ether oxygens (including phenoxy) is 2. The number of rotatable bonds is 14. The second kappa shape index (κ2) is 20.8. The highest BCUT2D eigenvalue weighted by molar-refractivity contribution is 5.85. The van der Waals surface area contributed by atoms with E-state index in [1.165, 1.54) is 0 Å². The molecule has 170 valence electrons.